The number of phenols is 1. The van der Waals surface area contributed by atoms with Crippen LogP contribution in [0.1, 0.15) is 6.92 Å². The molecular weight excluding hydrogens is 156 g/mol. The number of benzene rings is 1. The zero-order valence-electron chi connectivity index (χ0n) is 6.58. The Hall–Kier alpha value is -0.963. The van der Waals surface area contributed by atoms with E-state index >= 15 is 0 Å². The molecule has 1 N–H and O–H groups in total. The molecule has 0 saturated heterocycles. The Morgan fingerprint density at radius 3 is 2.82 bits per heavy atom. The number of hydrogen-bond acceptors (Lipinski definition) is 2. The molecule has 0 heterocycles. The molecule has 2 nitrogen and oxygen atoms in total. The van der Waals surface area contributed by atoms with Gasteiger partial charge < -0.3 is 9.53 Å². The van der Waals surface area contributed by atoms with Gasteiger partial charge in [-0.2, -0.15) is 0 Å². The van der Waals surface area contributed by atoms with Crippen LogP contribution < -0.4 is 4.43 Å². The van der Waals surface area contributed by atoms with Crippen molar-refractivity contribution in [1.82, 2.24) is 0 Å². The molecule has 0 aliphatic carbocycles. The van der Waals surface area contributed by atoms with E-state index in [1.165, 1.54) is 0 Å². The monoisotopic (exact) mass is 168 g/mol. The van der Waals surface area contributed by atoms with Crippen LogP contribution >= 0.6 is 0 Å². The lowest BCUT2D eigenvalue weighted by atomic mass is 10.3. The van der Waals surface area contributed by atoms with E-state index in [9.17, 15) is 5.11 Å². The molecule has 3 heteroatoms. The second-order valence-electron chi connectivity index (χ2n) is 2.32. The van der Waals surface area contributed by atoms with Gasteiger partial charge in [0.05, 0.1) is 0 Å². The minimum atomic E-state index is -0.458. The molecule has 0 fully saturated rings. The van der Waals surface area contributed by atoms with E-state index in [1.54, 1.807) is 18.2 Å². The number of phenolic OH excluding ortho intramolecular Hbond substituents is 1. The summed E-state index contributed by atoms with van der Waals surface area (Å²) in [6.07, 6.45) is 0. The van der Waals surface area contributed by atoms with Gasteiger partial charge in [0, 0.05) is 0 Å². The van der Waals surface area contributed by atoms with E-state index in [-0.39, 0.29) is 5.75 Å². The minimum absolute atomic E-state index is 0.244. The highest BCUT2D eigenvalue weighted by Gasteiger charge is 1.97. The van der Waals surface area contributed by atoms with Crippen LogP contribution in [-0.4, -0.2) is 14.9 Å². The van der Waals surface area contributed by atoms with E-state index in [1.807, 2.05) is 6.07 Å². The summed E-state index contributed by atoms with van der Waals surface area (Å²) in [5.74, 6) is 0.870. The molecule has 0 aromatic heterocycles. The highest BCUT2D eigenvalue weighted by atomic mass is 28.2. The molecule has 1 aromatic carbocycles. The van der Waals surface area contributed by atoms with Crippen LogP contribution in [0.25, 0.3) is 0 Å². The van der Waals surface area contributed by atoms with Gasteiger partial charge >= 0.3 is 0 Å². The SMILES string of the molecule is CC[SiH2]Oc1ccccc1O. The third-order valence-corrected chi connectivity index (χ3v) is 2.25. The van der Waals surface area contributed by atoms with E-state index in [4.69, 9.17) is 4.43 Å². The first-order valence-corrected chi connectivity index (χ1v) is 5.33. The quantitative estimate of drug-likeness (QED) is 0.689. The molecule has 0 saturated carbocycles. The maximum Gasteiger partial charge on any atom is 0.219 e. The summed E-state index contributed by atoms with van der Waals surface area (Å²) < 4.78 is 5.37. The average molecular weight is 168 g/mol. The van der Waals surface area contributed by atoms with Gasteiger partial charge in [0.15, 0.2) is 5.75 Å². The predicted molar refractivity (Wildman–Crippen MR) is 47.8 cm³/mol. The Balaban J connectivity index is 2.62. The average Bonchev–Trinajstić information content (AvgIpc) is 2.03. The lowest BCUT2D eigenvalue weighted by Crippen LogP contribution is -1.98. The molecule has 0 radical (unpaired) electrons. The van der Waals surface area contributed by atoms with Gasteiger partial charge in [0.25, 0.3) is 0 Å². The van der Waals surface area contributed by atoms with Crippen molar-refractivity contribution >= 4 is 9.76 Å². The predicted octanol–water partition coefficient (Wildman–Crippen LogP) is 1.29. The van der Waals surface area contributed by atoms with Gasteiger partial charge in [-0.05, 0) is 18.2 Å². The van der Waals surface area contributed by atoms with E-state index in [2.05, 4.69) is 6.92 Å². The largest absolute Gasteiger partial charge is 0.547 e. The van der Waals surface area contributed by atoms with Gasteiger partial charge in [0.2, 0.25) is 9.76 Å². The van der Waals surface area contributed by atoms with Crippen LogP contribution in [0.15, 0.2) is 24.3 Å². The summed E-state index contributed by atoms with van der Waals surface area (Å²) in [6, 6.07) is 8.17. The van der Waals surface area contributed by atoms with Crippen molar-refractivity contribution in [2.24, 2.45) is 0 Å². The Bertz CT molecular complexity index is 225. The second-order valence-corrected chi connectivity index (χ2v) is 4.01. The van der Waals surface area contributed by atoms with Crippen LogP contribution in [0, 0.1) is 0 Å². The standard InChI is InChI=1S/C8H12O2Si/c1-2-11-10-8-6-4-3-5-7(8)9/h3-6,9H,2,11H2,1H3. The molecule has 0 aliphatic rings. The fourth-order valence-electron chi connectivity index (χ4n) is 0.791. The third kappa shape index (κ3) is 2.27. The third-order valence-electron chi connectivity index (χ3n) is 1.33. The van der Waals surface area contributed by atoms with Gasteiger partial charge in [-0.25, -0.2) is 0 Å². The molecule has 0 aliphatic heterocycles. The van der Waals surface area contributed by atoms with Gasteiger partial charge in [-0.15, -0.1) is 0 Å². The molecule has 11 heavy (non-hydrogen) atoms. The first-order valence-electron chi connectivity index (χ1n) is 3.75. The maximum absolute atomic E-state index is 9.23. The van der Waals surface area contributed by atoms with E-state index in [0.717, 1.165) is 6.04 Å². The summed E-state index contributed by atoms with van der Waals surface area (Å²) >= 11 is 0. The number of aromatic hydroxyl groups is 1. The highest BCUT2D eigenvalue weighted by molar-refractivity contribution is 6.28. The van der Waals surface area contributed by atoms with Gasteiger partial charge in [-0.3, -0.25) is 0 Å². The summed E-state index contributed by atoms with van der Waals surface area (Å²) in [6.45, 7) is 2.09. The number of para-hydroxylation sites is 2. The molecule has 0 spiro atoms. The Morgan fingerprint density at radius 2 is 2.18 bits per heavy atom. The Morgan fingerprint density at radius 1 is 1.45 bits per heavy atom. The van der Waals surface area contributed by atoms with Crippen molar-refractivity contribution in [3.63, 3.8) is 0 Å². The van der Waals surface area contributed by atoms with E-state index < -0.39 is 9.76 Å². The van der Waals surface area contributed by atoms with Crippen LogP contribution in [0.4, 0.5) is 0 Å². The van der Waals surface area contributed by atoms with Crippen LogP contribution in [0.2, 0.25) is 6.04 Å². The molecule has 0 bridgehead atoms. The van der Waals surface area contributed by atoms with Crippen molar-refractivity contribution in [2.75, 3.05) is 0 Å². The normalized spacial score (nSPS) is 10.6. The molecule has 0 atom stereocenters. The number of rotatable bonds is 3. The van der Waals surface area contributed by atoms with Crippen molar-refractivity contribution < 1.29 is 9.53 Å². The van der Waals surface area contributed by atoms with Crippen molar-refractivity contribution in [3.8, 4) is 11.5 Å². The van der Waals surface area contributed by atoms with Crippen LogP contribution in [-0.2, 0) is 0 Å². The zero-order chi connectivity index (χ0) is 8.10. The summed E-state index contributed by atoms with van der Waals surface area (Å²) in [4.78, 5) is 0. The Kier molecular flexibility index (Phi) is 2.98. The zero-order valence-corrected chi connectivity index (χ0v) is 7.99. The maximum atomic E-state index is 9.23. The lowest BCUT2D eigenvalue weighted by Gasteiger charge is -2.05. The van der Waals surface area contributed by atoms with Crippen molar-refractivity contribution in [1.29, 1.82) is 0 Å². The second kappa shape index (κ2) is 4.03. The molecule has 1 rings (SSSR count). The first-order chi connectivity index (χ1) is 5.34. The van der Waals surface area contributed by atoms with Crippen molar-refractivity contribution in [3.05, 3.63) is 24.3 Å². The summed E-state index contributed by atoms with van der Waals surface area (Å²) in [7, 11) is -0.458. The summed E-state index contributed by atoms with van der Waals surface area (Å²) in [5.41, 5.74) is 0. The topological polar surface area (TPSA) is 29.5 Å². The fraction of sp³-hybridized carbons (Fsp3) is 0.250. The van der Waals surface area contributed by atoms with Gasteiger partial charge in [-0.1, -0.05) is 19.1 Å². The molecule has 0 amide bonds. The number of hydrogen-bond donors (Lipinski definition) is 1. The molecular formula is C8H12O2Si. The lowest BCUT2D eigenvalue weighted by molar-refractivity contribution is 0.443. The Labute approximate surface area is 68.8 Å². The first kappa shape index (κ1) is 8.14. The summed E-state index contributed by atoms with van der Waals surface area (Å²) in [5, 5.41) is 9.23. The van der Waals surface area contributed by atoms with Crippen molar-refractivity contribution in [2.45, 2.75) is 13.0 Å². The molecule has 1 aromatic rings. The van der Waals surface area contributed by atoms with Crippen LogP contribution in [0.5, 0.6) is 11.5 Å². The smallest absolute Gasteiger partial charge is 0.219 e. The van der Waals surface area contributed by atoms with Gasteiger partial charge in [0.1, 0.15) is 5.75 Å². The molecule has 0 unspecified atom stereocenters. The minimum Gasteiger partial charge on any atom is -0.547 e. The van der Waals surface area contributed by atoms with E-state index in [0.29, 0.717) is 5.75 Å². The van der Waals surface area contributed by atoms with Crippen LogP contribution in [0.3, 0.4) is 0 Å². The fourth-order valence-corrected chi connectivity index (χ4v) is 1.46. The molecule has 60 valence electrons. The highest BCUT2D eigenvalue weighted by Crippen LogP contribution is 2.23.